The molecule has 160 valence electrons. The summed E-state index contributed by atoms with van der Waals surface area (Å²) in [6.07, 6.45) is 0.555. The lowest BCUT2D eigenvalue weighted by Gasteiger charge is -2.29. The van der Waals surface area contributed by atoms with Gasteiger partial charge in [-0.15, -0.1) is 0 Å². The molecule has 0 fully saturated rings. The van der Waals surface area contributed by atoms with Crippen LogP contribution in [0.15, 0.2) is 42.5 Å². The van der Waals surface area contributed by atoms with Crippen molar-refractivity contribution in [2.24, 2.45) is 0 Å². The molecule has 2 amide bonds. The normalized spacial score (nSPS) is 11.6. The third-order valence-corrected chi connectivity index (χ3v) is 5.32. The highest BCUT2D eigenvalue weighted by atomic mass is 35.5. The Bertz CT molecular complexity index is 936. The number of rotatable bonds is 9. The standard InChI is InChI=1S/C21H23Cl2N3O4/c1-3-10-24-21(28)14(2)25(13-15-8-9-17(22)18(23)11-15)20(27)12-16-6-4-5-7-19(16)26(29)30/h4-9,11,14H,3,10,12-13H2,1-2H3,(H,24,28)/t14-/m1/s1. The number of nitrogens with zero attached hydrogens (tertiary/aromatic N) is 2. The minimum atomic E-state index is -0.777. The summed E-state index contributed by atoms with van der Waals surface area (Å²) in [5.41, 5.74) is 0.840. The number of hydrogen-bond donors (Lipinski definition) is 1. The lowest BCUT2D eigenvalue weighted by atomic mass is 10.1. The number of carbonyl (C=O) groups excluding carboxylic acids is 2. The van der Waals surface area contributed by atoms with E-state index >= 15 is 0 Å². The first kappa shape index (κ1) is 23.6. The number of hydrogen-bond acceptors (Lipinski definition) is 4. The predicted molar refractivity (Wildman–Crippen MR) is 117 cm³/mol. The molecule has 2 rings (SSSR count). The van der Waals surface area contributed by atoms with Crippen molar-refractivity contribution in [2.45, 2.75) is 39.3 Å². The Morgan fingerprint density at radius 3 is 2.50 bits per heavy atom. The highest BCUT2D eigenvalue weighted by molar-refractivity contribution is 6.42. The van der Waals surface area contributed by atoms with Crippen LogP contribution in [0.1, 0.15) is 31.4 Å². The van der Waals surface area contributed by atoms with Crippen LogP contribution in [0.25, 0.3) is 0 Å². The van der Waals surface area contributed by atoms with Crippen LogP contribution >= 0.6 is 23.2 Å². The van der Waals surface area contributed by atoms with E-state index in [2.05, 4.69) is 5.32 Å². The van der Waals surface area contributed by atoms with Crippen molar-refractivity contribution >= 4 is 40.7 Å². The molecule has 0 radical (unpaired) electrons. The van der Waals surface area contributed by atoms with Crippen LogP contribution in [0.2, 0.25) is 10.0 Å². The topological polar surface area (TPSA) is 92.6 Å². The molecule has 2 aromatic carbocycles. The molecule has 0 aliphatic rings. The molecule has 0 aliphatic heterocycles. The molecular formula is C21H23Cl2N3O4. The minimum absolute atomic E-state index is 0.108. The van der Waals surface area contributed by atoms with Crippen LogP contribution in [0, 0.1) is 10.1 Å². The maximum atomic E-state index is 13.1. The molecule has 0 aromatic heterocycles. The summed E-state index contributed by atoms with van der Waals surface area (Å²) in [7, 11) is 0. The van der Waals surface area contributed by atoms with E-state index in [4.69, 9.17) is 23.2 Å². The van der Waals surface area contributed by atoms with Crippen LogP contribution < -0.4 is 5.32 Å². The van der Waals surface area contributed by atoms with E-state index in [9.17, 15) is 19.7 Å². The van der Waals surface area contributed by atoms with Crippen LogP contribution in [0.4, 0.5) is 5.69 Å². The number of nitro benzene ring substituents is 1. The monoisotopic (exact) mass is 451 g/mol. The molecule has 0 saturated carbocycles. The molecule has 7 nitrogen and oxygen atoms in total. The van der Waals surface area contributed by atoms with E-state index in [1.165, 1.54) is 17.0 Å². The van der Waals surface area contributed by atoms with Crippen molar-refractivity contribution in [1.82, 2.24) is 10.2 Å². The van der Waals surface area contributed by atoms with Crippen LogP contribution in [-0.2, 0) is 22.6 Å². The summed E-state index contributed by atoms with van der Waals surface area (Å²) in [6, 6.07) is 10.3. The summed E-state index contributed by atoms with van der Waals surface area (Å²) in [5, 5.41) is 14.8. The van der Waals surface area contributed by atoms with Crippen molar-refractivity contribution in [3.8, 4) is 0 Å². The summed E-state index contributed by atoms with van der Waals surface area (Å²) >= 11 is 12.0. The molecule has 1 N–H and O–H groups in total. The fourth-order valence-electron chi connectivity index (χ4n) is 2.92. The van der Waals surface area contributed by atoms with Crippen LogP contribution in [-0.4, -0.2) is 34.2 Å². The van der Waals surface area contributed by atoms with Gasteiger partial charge in [0, 0.05) is 24.7 Å². The Labute approximate surface area is 185 Å². The smallest absolute Gasteiger partial charge is 0.273 e. The Morgan fingerprint density at radius 2 is 1.87 bits per heavy atom. The number of nitro groups is 1. The van der Waals surface area contributed by atoms with Gasteiger partial charge in [-0.3, -0.25) is 19.7 Å². The Kier molecular flexibility index (Phi) is 8.62. The van der Waals surface area contributed by atoms with Gasteiger partial charge in [0.05, 0.1) is 21.4 Å². The highest BCUT2D eigenvalue weighted by Gasteiger charge is 2.27. The first-order chi connectivity index (χ1) is 14.2. The quantitative estimate of drug-likeness (QED) is 0.451. The van der Waals surface area contributed by atoms with E-state index in [0.717, 1.165) is 6.42 Å². The molecule has 30 heavy (non-hydrogen) atoms. The SMILES string of the molecule is CCCNC(=O)[C@@H](C)N(Cc1ccc(Cl)c(Cl)c1)C(=O)Cc1ccccc1[N+](=O)[O-]. The maximum absolute atomic E-state index is 13.1. The summed E-state index contributed by atoms with van der Waals surface area (Å²) in [4.78, 5) is 37.8. The van der Waals surface area contributed by atoms with E-state index in [1.807, 2.05) is 6.92 Å². The zero-order chi connectivity index (χ0) is 22.3. The molecule has 0 bridgehead atoms. The number of benzene rings is 2. The molecule has 1 atom stereocenters. The number of nitrogens with one attached hydrogen (secondary N) is 1. The van der Waals surface area contributed by atoms with Crippen molar-refractivity contribution in [2.75, 3.05) is 6.54 Å². The minimum Gasteiger partial charge on any atom is -0.354 e. The number of halogens is 2. The molecule has 0 saturated heterocycles. The van der Waals surface area contributed by atoms with Crippen molar-refractivity contribution in [3.05, 3.63) is 73.8 Å². The molecule has 2 aromatic rings. The van der Waals surface area contributed by atoms with E-state index < -0.39 is 16.9 Å². The molecular weight excluding hydrogens is 429 g/mol. The van der Waals surface area contributed by atoms with Gasteiger partial charge >= 0.3 is 0 Å². The first-order valence-electron chi connectivity index (χ1n) is 9.48. The molecule has 0 heterocycles. The Hall–Kier alpha value is -2.64. The second-order valence-electron chi connectivity index (χ2n) is 6.80. The molecule has 0 spiro atoms. The van der Waals surface area contributed by atoms with Gasteiger partial charge in [-0.1, -0.05) is 54.4 Å². The lowest BCUT2D eigenvalue weighted by Crippen LogP contribution is -2.48. The predicted octanol–water partition coefficient (Wildman–Crippen LogP) is 4.39. The van der Waals surface area contributed by atoms with Crippen LogP contribution in [0.5, 0.6) is 0 Å². The van der Waals surface area contributed by atoms with E-state index in [-0.39, 0.29) is 30.1 Å². The summed E-state index contributed by atoms with van der Waals surface area (Å²) in [6.45, 7) is 4.15. The molecule has 0 unspecified atom stereocenters. The largest absolute Gasteiger partial charge is 0.354 e. The fraction of sp³-hybridized carbons (Fsp3) is 0.333. The zero-order valence-electron chi connectivity index (χ0n) is 16.7. The van der Waals surface area contributed by atoms with Gasteiger partial charge in [-0.25, -0.2) is 0 Å². The van der Waals surface area contributed by atoms with Gasteiger partial charge in [0.2, 0.25) is 11.8 Å². The second-order valence-corrected chi connectivity index (χ2v) is 7.61. The molecule has 9 heteroatoms. The average molecular weight is 452 g/mol. The van der Waals surface area contributed by atoms with Crippen molar-refractivity contribution < 1.29 is 14.5 Å². The summed E-state index contributed by atoms with van der Waals surface area (Å²) < 4.78 is 0. The second kappa shape index (κ2) is 10.9. The van der Waals surface area contributed by atoms with Gasteiger partial charge in [-0.2, -0.15) is 0 Å². The van der Waals surface area contributed by atoms with Crippen molar-refractivity contribution in [1.29, 1.82) is 0 Å². The zero-order valence-corrected chi connectivity index (χ0v) is 18.2. The Morgan fingerprint density at radius 1 is 1.17 bits per heavy atom. The summed E-state index contributed by atoms with van der Waals surface area (Å²) in [5.74, 6) is -0.706. The highest BCUT2D eigenvalue weighted by Crippen LogP contribution is 2.25. The third kappa shape index (κ3) is 6.18. The van der Waals surface area contributed by atoms with Crippen molar-refractivity contribution in [3.63, 3.8) is 0 Å². The molecule has 0 aliphatic carbocycles. The van der Waals surface area contributed by atoms with Gasteiger partial charge in [0.1, 0.15) is 6.04 Å². The van der Waals surface area contributed by atoms with Gasteiger partial charge in [-0.05, 0) is 31.0 Å². The van der Waals surface area contributed by atoms with Gasteiger partial charge < -0.3 is 10.2 Å². The number of amides is 2. The van der Waals surface area contributed by atoms with E-state index in [1.54, 1.807) is 37.3 Å². The van der Waals surface area contributed by atoms with Gasteiger partial charge in [0.15, 0.2) is 0 Å². The number of para-hydroxylation sites is 1. The number of carbonyl (C=O) groups is 2. The maximum Gasteiger partial charge on any atom is 0.273 e. The van der Waals surface area contributed by atoms with Crippen LogP contribution in [0.3, 0.4) is 0 Å². The Balaban J connectivity index is 2.31. The average Bonchev–Trinajstić information content (AvgIpc) is 2.72. The lowest BCUT2D eigenvalue weighted by molar-refractivity contribution is -0.385. The van der Waals surface area contributed by atoms with E-state index in [0.29, 0.717) is 22.2 Å². The fourth-order valence-corrected chi connectivity index (χ4v) is 3.24. The third-order valence-electron chi connectivity index (χ3n) is 4.58. The first-order valence-corrected chi connectivity index (χ1v) is 10.2. The van der Waals surface area contributed by atoms with Gasteiger partial charge in [0.25, 0.3) is 5.69 Å².